The molecule has 1 unspecified atom stereocenters. The van der Waals surface area contributed by atoms with Gasteiger partial charge in [0.1, 0.15) is 5.75 Å². The van der Waals surface area contributed by atoms with Gasteiger partial charge in [-0.05, 0) is 49.4 Å². The van der Waals surface area contributed by atoms with Crippen LogP contribution in [-0.4, -0.2) is 37.5 Å². The number of hydrogen-bond acceptors (Lipinski definition) is 7. The molecule has 0 saturated heterocycles. The number of halogens is 2. The van der Waals surface area contributed by atoms with Gasteiger partial charge in [0.15, 0.2) is 6.10 Å². The van der Waals surface area contributed by atoms with E-state index in [1.54, 1.807) is 19.1 Å². The van der Waals surface area contributed by atoms with E-state index in [0.717, 1.165) is 0 Å². The van der Waals surface area contributed by atoms with Crippen LogP contribution >= 0.6 is 23.2 Å². The molecule has 9 nitrogen and oxygen atoms in total. The minimum atomic E-state index is -3.95. The van der Waals surface area contributed by atoms with Crippen LogP contribution in [0, 0.1) is 0 Å². The van der Waals surface area contributed by atoms with Gasteiger partial charge in [-0.1, -0.05) is 23.2 Å². The summed E-state index contributed by atoms with van der Waals surface area (Å²) in [7, 11) is -2.60. The number of ether oxygens (including phenoxy) is 2. The van der Waals surface area contributed by atoms with Crippen molar-refractivity contribution < 1.29 is 22.7 Å². The molecule has 1 aromatic heterocycles. The summed E-state index contributed by atoms with van der Waals surface area (Å²) in [6.07, 6.45) is 1.84. The van der Waals surface area contributed by atoms with Crippen molar-refractivity contribution in [3.63, 3.8) is 0 Å². The Morgan fingerprint density at radius 1 is 1.06 bits per heavy atom. The number of anilines is 2. The van der Waals surface area contributed by atoms with Gasteiger partial charge in [0.2, 0.25) is 5.82 Å². The van der Waals surface area contributed by atoms with E-state index in [4.69, 9.17) is 32.7 Å². The lowest BCUT2D eigenvalue weighted by Crippen LogP contribution is -2.30. The first-order valence-corrected chi connectivity index (χ1v) is 11.3. The molecule has 0 aliphatic heterocycles. The minimum absolute atomic E-state index is 0.0368. The molecule has 0 radical (unpaired) electrons. The average molecular weight is 497 g/mol. The number of benzene rings is 2. The second-order valence-electron chi connectivity index (χ2n) is 6.37. The van der Waals surface area contributed by atoms with Gasteiger partial charge in [-0.15, -0.1) is 0 Å². The van der Waals surface area contributed by atoms with E-state index in [1.807, 2.05) is 0 Å². The monoisotopic (exact) mass is 496 g/mol. The first kappa shape index (κ1) is 23.6. The van der Waals surface area contributed by atoms with Gasteiger partial charge in [0, 0.05) is 23.1 Å². The molecule has 12 heteroatoms. The molecule has 3 rings (SSSR count). The Balaban J connectivity index is 1.66. The number of hydrogen-bond donors (Lipinski definition) is 2. The van der Waals surface area contributed by atoms with Crippen LogP contribution in [0.25, 0.3) is 0 Å². The molecule has 0 bridgehead atoms. The Hall–Kier alpha value is -3.08. The zero-order valence-electron chi connectivity index (χ0n) is 16.9. The Morgan fingerprint density at radius 3 is 2.41 bits per heavy atom. The van der Waals surface area contributed by atoms with Gasteiger partial charge < -0.3 is 14.8 Å². The molecule has 1 amide bonds. The molecular formula is C20H18Cl2N4O5S. The van der Waals surface area contributed by atoms with Gasteiger partial charge in [0.05, 0.1) is 17.0 Å². The zero-order chi connectivity index (χ0) is 23.3. The van der Waals surface area contributed by atoms with Gasteiger partial charge in [-0.2, -0.15) is 0 Å². The maximum Gasteiger partial charge on any atom is 0.265 e. The van der Waals surface area contributed by atoms with E-state index in [1.165, 1.54) is 49.8 Å². The molecule has 1 heterocycles. The largest absolute Gasteiger partial charge is 0.479 e. The van der Waals surface area contributed by atoms with Crippen molar-refractivity contribution in [2.45, 2.75) is 17.9 Å². The smallest absolute Gasteiger partial charge is 0.265 e. The van der Waals surface area contributed by atoms with Gasteiger partial charge in [-0.25, -0.2) is 18.4 Å². The predicted molar refractivity (Wildman–Crippen MR) is 121 cm³/mol. The summed E-state index contributed by atoms with van der Waals surface area (Å²) >= 11 is 11.9. The standard InChI is InChI=1S/C20H18Cl2N4O5S/c1-12(31-17-8-3-13(21)11-16(17)22)19(27)25-14-4-6-15(7-5-14)32(28,29)26-18-20(30-2)24-10-9-23-18/h3-12H,1-2H3,(H,23,26)(H,25,27). The lowest BCUT2D eigenvalue weighted by molar-refractivity contribution is -0.122. The van der Waals surface area contributed by atoms with Crippen LogP contribution in [0.3, 0.4) is 0 Å². The lowest BCUT2D eigenvalue weighted by Gasteiger charge is -2.16. The van der Waals surface area contributed by atoms with Crippen LogP contribution in [0.15, 0.2) is 59.8 Å². The van der Waals surface area contributed by atoms with Crippen LogP contribution < -0.4 is 19.5 Å². The Labute approximate surface area is 194 Å². The molecule has 0 saturated carbocycles. The average Bonchev–Trinajstić information content (AvgIpc) is 2.76. The summed E-state index contributed by atoms with van der Waals surface area (Å²) in [6, 6.07) is 10.2. The van der Waals surface area contributed by atoms with Crippen molar-refractivity contribution in [2.75, 3.05) is 17.1 Å². The summed E-state index contributed by atoms with van der Waals surface area (Å²) in [5.74, 6) is -0.145. The fourth-order valence-corrected chi connectivity index (χ4v) is 3.97. The summed E-state index contributed by atoms with van der Waals surface area (Å²) in [4.78, 5) is 20.2. The van der Waals surface area contributed by atoms with Crippen molar-refractivity contribution in [1.82, 2.24) is 9.97 Å². The molecule has 168 valence electrons. The Morgan fingerprint density at radius 2 is 1.75 bits per heavy atom. The number of carbonyl (C=O) groups is 1. The van der Waals surface area contributed by atoms with Crippen molar-refractivity contribution >= 4 is 50.6 Å². The number of sulfonamides is 1. The second kappa shape index (κ2) is 10.0. The third-order valence-corrected chi connectivity index (χ3v) is 5.97. The highest BCUT2D eigenvalue weighted by atomic mass is 35.5. The summed E-state index contributed by atoms with van der Waals surface area (Å²) < 4.78 is 38.1. The molecule has 2 N–H and O–H groups in total. The highest BCUT2D eigenvalue weighted by Gasteiger charge is 2.20. The second-order valence-corrected chi connectivity index (χ2v) is 8.89. The van der Waals surface area contributed by atoms with Crippen molar-refractivity contribution in [3.8, 4) is 11.6 Å². The first-order chi connectivity index (χ1) is 15.2. The van der Waals surface area contributed by atoms with Crippen molar-refractivity contribution in [3.05, 3.63) is 64.9 Å². The molecule has 0 aliphatic carbocycles. The number of nitrogens with zero attached hydrogens (tertiary/aromatic N) is 2. The van der Waals surface area contributed by atoms with E-state index in [2.05, 4.69) is 20.0 Å². The van der Waals surface area contributed by atoms with Crippen LogP contribution in [0.5, 0.6) is 11.6 Å². The molecule has 1 atom stereocenters. The van der Waals surface area contributed by atoms with Crippen LogP contribution in [0.2, 0.25) is 10.0 Å². The highest BCUT2D eigenvalue weighted by Crippen LogP contribution is 2.28. The van der Waals surface area contributed by atoms with E-state index in [0.29, 0.717) is 16.5 Å². The normalized spacial score (nSPS) is 12.0. The quantitative estimate of drug-likeness (QED) is 0.483. The summed E-state index contributed by atoms with van der Waals surface area (Å²) in [5.41, 5.74) is 0.378. The molecule has 0 fully saturated rings. The fourth-order valence-electron chi connectivity index (χ4n) is 2.51. The number of aromatic nitrogens is 2. The lowest BCUT2D eigenvalue weighted by atomic mass is 10.3. The number of amides is 1. The maximum atomic E-state index is 12.6. The molecule has 3 aromatic rings. The summed E-state index contributed by atoms with van der Waals surface area (Å²) in [6.45, 7) is 1.55. The third kappa shape index (κ3) is 5.78. The van der Waals surface area contributed by atoms with Gasteiger partial charge >= 0.3 is 0 Å². The molecular weight excluding hydrogens is 479 g/mol. The van der Waals surface area contributed by atoms with Gasteiger partial charge in [-0.3, -0.25) is 9.52 Å². The SMILES string of the molecule is COc1nccnc1NS(=O)(=O)c1ccc(NC(=O)C(C)Oc2ccc(Cl)cc2Cl)cc1. The van der Waals surface area contributed by atoms with Crippen molar-refractivity contribution in [2.24, 2.45) is 0 Å². The first-order valence-electron chi connectivity index (χ1n) is 9.10. The number of rotatable bonds is 8. The van der Waals surface area contributed by atoms with Crippen LogP contribution in [0.1, 0.15) is 6.92 Å². The Bertz CT molecular complexity index is 1220. The van der Waals surface area contributed by atoms with E-state index in [-0.39, 0.29) is 21.6 Å². The highest BCUT2D eigenvalue weighted by molar-refractivity contribution is 7.92. The van der Waals surface area contributed by atoms with Gasteiger partial charge in [0.25, 0.3) is 21.8 Å². The number of methoxy groups -OCH3 is 1. The topological polar surface area (TPSA) is 120 Å². The predicted octanol–water partition coefficient (Wildman–Crippen LogP) is 4.00. The number of nitrogens with one attached hydrogen (secondary N) is 2. The van der Waals surface area contributed by atoms with Crippen LogP contribution in [-0.2, 0) is 14.8 Å². The van der Waals surface area contributed by atoms with Crippen LogP contribution in [0.4, 0.5) is 11.5 Å². The molecule has 0 aliphatic rings. The molecule has 2 aromatic carbocycles. The fraction of sp³-hybridized carbons (Fsp3) is 0.150. The number of carbonyl (C=O) groups excluding carboxylic acids is 1. The summed E-state index contributed by atoms with van der Waals surface area (Å²) in [5, 5.41) is 3.37. The van der Waals surface area contributed by atoms with E-state index >= 15 is 0 Å². The third-order valence-electron chi connectivity index (χ3n) is 4.09. The molecule has 32 heavy (non-hydrogen) atoms. The van der Waals surface area contributed by atoms with E-state index in [9.17, 15) is 13.2 Å². The Kier molecular flexibility index (Phi) is 7.39. The van der Waals surface area contributed by atoms with Crippen molar-refractivity contribution in [1.29, 1.82) is 0 Å². The minimum Gasteiger partial charge on any atom is -0.479 e. The zero-order valence-corrected chi connectivity index (χ0v) is 19.2. The maximum absolute atomic E-state index is 12.6. The molecule has 0 spiro atoms. The van der Waals surface area contributed by atoms with E-state index < -0.39 is 22.0 Å².